The molecule has 0 unspecified atom stereocenters. The number of thiazole rings is 1. The highest BCUT2D eigenvalue weighted by atomic mass is 32.2. The Hall–Kier alpha value is -4.14. The lowest BCUT2D eigenvalue weighted by molar-refractivity contribution is -0.139. The molecular weight excluding hydrogens is 606 g/mol. The maximum Gasteiger partial charge on any atom is 0.420 e. The van der Waals surface area contributed by atoms with Crippen LogP contribution in [-0.2, 0) is 29.2 Å². The zero-order chi connectivity index (χ0) is 30.6. The second kappa shape index (κ2) is 12.6. The fourth-order valence-electron chi connectivity index (χ4n) is 4.17. The molecular formula is C29H25F4N5O3S2. The summed E-state index contributed by atoms with van der Waals surface area (Å²) < 4.78 is 85.1. The first-order valence-electron chi connectivity index (χ1n) is 12.9. The molecule has 14 heteroatoms. The van der Waals surface area contributed by atoms with Gasteiger partial charge in [-0.25, -0.2) is 27.8 Å². The van der Waals surface area contributed by atoms with E-state index in [4.69, 9.17) is 4.74 Å². The summed E-state index contributed by atoms with van der Waals surface area (Å²) in [5, 5.41) is 8.56. The van der Waals surface area contributed by atoms with Crippen LogP contribution in [0.3, 0.4) is 0 Å². The lowest BCUT2D eigenvalue weighted by Crippen LogP contribution is -2.21. The maximum atomic E-state index is 15.1. The standard InChI is InChI=1S/C29H25F4N5O3S2/c1-43(39,40)10-9-34-14-27-38-25(16-42-27)20-12-21-24(13-23(20)30)35-17-36-28(21)37-19-7-8-26(22(11-19)29(31,32)33)41-15-18-5-3-2-4-6-18/h2-8,11-13,16-17,34H,9-10,14-15H2,1H3,(H,35,36,37). The number of fused-ring (bicyclic) bond motifs is 1. The number of anilines is 2. The van der Waals surface area contributed by atoms with E-state index in [1.807, 2.05) is 0 Å². The van der Waals surface area contributed by atoms with Crippen molar-refractivity contribution in [2.45, 2.75) is 19.3 Å². The van der Waals surface area contributed by atoms with Crippen molar-refractivity contribution in [3.63, 3.8) is 0 Å². The van der Waals surface area contributed by atoms with E-state index >= 15 is 4.39 Å². The largest absolute Gasteiger partial charge is 0.488 e. The normalized spacial score (nSPS) is 12.0. The quantitative estimate of drug-likeness (QED) is 0.128. The van der Waals surface area contributed by atoms with Crippen LogP contribution < -0.4 is 15.4 Å². The van der Waals surface area contributed by atoms with Crippen molar-refractivity contribution in [2.24, 2.45) is 0 Å². The number of sulfone groups is 1. The number of nitrogens with zero attached hydrogens (tertiary/aromatic N) is 3. The summed E-state index contributed by atoms with van der Waals surface area (Å²) in [5.74, 6) is -0.744. The van der Waals surface area contributed by atoms with Crippen LogP contribution in [0.1, 0.15) is 16.1 Å². The third-order valence-corrected chi connectivity index (χ3v) is 8.06. The van der Waals surface area contributed by atoms with E-state index in [-0.39, 0.29) is 47.2 Å². The zero-order valence-corrected chi connectivity index (χ0v) is 24.3. The smallest absolute Gasteiger partial charge is 0.420 e. The third kappa shape index (κ3) is 7.83. The first kappa shape index (κ1) is 30.3. The van der Waals surface area contributed by atoms with Crippen molar-refractivity contribution in [2.75, 3.05) is 23.9 Å². The van der Waals surface area contributed by atoms with Crippen LogP contribution in [0.4, 0.5) is 29.1 Å². The molecule has 0 bridgehead atoms. The number of hydrogen-bond acceptors (Lipinski definition) is 9. The topological polar surface area (TPSA) is 106 Å². The van der Waals surface area contributed by atoms with E-state index in [1.54, 1.807) is 35.7 Å². The molecule has 0 saturated carbocycles. The van der Waals surface area contributed by atoms with Crippen molar-refractivity contribution in [3.8, 4) is 17.0 Å². The highest BCUT2D eigenvalue weighted by molar-refractivity contribution is 7.90. The van der Waals surface area contributed by atoms with Crippen LogP contribution in [0.25, 0.3) is 22.2 Å². The monoisotopic (exact) mass is 631 g/mol. The minimum atomic E-state index is -4.68. The van der Waals surface area contributed by atoms with Crippen LogP contribution >= 0.6 is 11.3 Å². The minimum absolute atomic E-state index is 0.0196. The SMILES string of the molecule is CS(=O)(=O)CCNCc1nc(-c2cc3c(Nc4ccc(OCc5ccccc5)c(C(F)(F)F)c4)ncnc3cc2F)cs1. The van der Waals surface area contributed by atoms with Gasteiger partial charge in [0.2, 0.25) is 0 Å². The Balaban J connectivity index is 1.39. The summed E-state index contributed by atoms with van der Waals surface area (Å²) in [6, 6.07) is 15.2. The fraction of sp³-hybridized carbons (Fsp3) is 0.207. The number of halogens is 4. The van der Waals surface area contributed by atoms with Crippen molar-refractivity contribution < 1.29 is 30.7 Å². The van der Waals surface area contributed by atoms with Gasteiger partial charge >= 0.3 is 6.18 Å². The number of ether oxygens (including phenoxy) is 1. The van der Waals surface area contributed by atoms with Gasteiger partial charge in [-0.15, -0.1) is 11.3 Å². The molecule has 0 saturated heterocycles. The lowest BCUT2D eigenvalue weighted by Gasteiger charge is -2.16. The molecule has 8 nitrogen and oxygen atoms in total. The van der Waals surface area contributed by atoms with Crippen molar-refractivity contribution in [1.29, 1.82) is 0 Å². The highest BCUT2D eigenvalue weighted by Crippen LogP contribution is 2.39. The van der Waals surface area contributed by atoms with E-state index in [0.29, 0.717) is 22.6 Å². The van der Waals surface area contributed by atoms with Gasteiger partial charge in [-0.1, -0.05) is 30.3 Å². The predicted octanol–water partition coefficient (Wildman–Crippen LogP) is 6.37. The summed E-state index contributed by atoms with van der Waals surface area (Å²) in [6.45, 7) is 0.523. The first-order valence-corrected chi connectivity index (χ1v) is 15.8. The predicted molar refractivity (Wildman–Crippen MR) is 158 cm³/mol. The molecule has 0 amide bonds. The number of benzene rings is 3. The van der Waals surface area contributed by atoms with Gasteiger partial charge in [-0.3, -0.25) is 0 Å². The molecule has 224 valence electrons. The molecule has 2 aromatic heterocycles. The molecule has 2 heterocycles. The van der Waals surface area contributed by atoms with Gasteiger partial charge < -0.3 is 15.4 Å². The van der Waals surface area contributed by atoms with E-state index < -0.39 is 27.4 Å². The van der Waals surface area contributed by atoms with Gasteiger partial charge in [0.1, 0.15) is 45.2 Å². The number of hydrogen-bond donors (Lipinski definition) is 2. The number of rotatable bonds is 11. The maximum absolute atomic E-state index is 15.1. The Labute approximate surface area is 248 Å². The molecule has 5 aromatic rings. The van der Waals surface area contributed by atoms with Crippen LogP contribution in [0.15, 0.2) is 72.4 Å². The second-order valence-corrected chi connectivity index (χ2v) is 12.8. The van der Waals surface area contributed by atoms with Crippen molar-refractivity contribution in [1.82, 2.24) is 20.3 Å². The minimum Gasteiger partial charge on any atom is -0.488 e. The number of alkyl halides is 3. The lowest BCUT2D eigenvalue weighted by atomic mass is 10.1. The summed E-state index contributed by atoms with van der Waals surface area (Å²) in [5.41, 5.74) is 0.613. The summed E-state index contributed by atoms with van der Waals surface area (Å²) in [4.78, 5) is 12.8. The number of aromatic nitrogens is 3. The second-order valence-electron chi connectivity index (χ2n) is 9.61. The molecule has 3 aromatic carbocycles. The molecule has 0 spiro atoms. The molecule has 0 radical (unpaired) electrons. The average molecular weight is 632 g/mol. The van der Waals surface area contributed by atoms with Gasteiger partial charge in [0.05, 0.1) is 22.5 Å². The van der Waals surface area contributed by atoms with Gasteiger partial charge in [0, 0.05) is 47.4 Å². The zero-order valence-electron chi connectivity index (χ0n) is 22.7. The van der Waals surface area contributed by atoms with E-state index in [1.165, 1.54) is 41.9 Å². The van der Waals surface area contributed by atoms with Gasteiger partial charge in [-0.05, 0) is 29.8 Å². The van der Waals surface area contributed by atoms with Crippen LogP contribution in [-0.4, -0.2) is 41.9 Å². The Morgan fingerprint density at radius 2 is 1.81 bits per heavy atom. The van der Waals surface area contributed by atoms with Crippen molar-refractivity contribution >= 4 is 43.6 Å². The van der Waals surface area contributed by atoms with Crippen LogP contribution in [0.5, 0.6) is 5.75 Å². The van der Waals surface area contributed by atoms with Crippen LogP contribution in [0.2, 0.25) is 0 Å². The molecule has 0 aliphatic carbocycles. The van der Waals surface area contributed by atoms with Crippen LogP contribution in [0, 0.1) is 5.82 Å². The van der Waals surface area contributed by atoms with Gasteiger partial charge in [0.15, 0.2) is 0 Å². The summed E-state index contributed by atoms with van der Waals surface area (Å²) >= 11 is 1.28. The molecule has 5 rings (SSSR count). The molecule has 43 heavy (non-hydrogen) atoms. The Morgan fingerprint density at radius 1 is 1.02 bits per heavy atom. The molecule has 0 aliphatic heterocycles. The Morgan fingerprint density at radius 3 is 2.56 bits per heavy atom. The fourth-order valence-corrected chi connectivity index (χ4v) is 5.45. The summed E-state index contributed by atoms with van der Waals surface area (Å²) in [7, 11) is -3.10. The molecule has 2 N–H and O–H groups in total. The number of nitrogens with one attached hydrogen (secondary N) is 2. The third-order valence-electron chi connectivity index (χ3n) is 6.26. The molecule has 0 atom stereocenters. The van der Waals surface area contributed by atoms with E-state index in [2.05, 4.69) is 25.6 Å². The first-order chi connectivity index (χ1) is 20.5. The Kier molecular flexibility index (Phi) is 8.89. The van der Waals surface area contributed by atoms with Gasteiger partial charge in [-0.2, -0.15) is 13.2 Å². The van der Waals surface area contributed by atoms with E-state index in [0.717, 1.165) is 17.9 Å². The van der Waals surface area contributed by atoms with Gasteiger partial charge in [0.25, 0.3) is 0 Å². The summed E-state index contributed by atoms with van der Waals surface area (Å²) in [6.07, 6.45) is -2.35. The molecule has 0 fully saturated rings. The Bertz CT molecular complexity index is 1850. The molecule has 0 aliphatic rings. The van der Waals surface area contributed by atoms with Crippen molar-refractivity contribution in [3.05, 3.63) is 94.3 Å². The highest BCUT2D eigenvalue weighted by Gasteiger charge is 2.35. The van der Waals surface area contributed by atoms with E-state index in [9.17, 15) is 21.6 Å². The average Bonchev–Trinajstić information content (AvgIpc) is 3.42.